The number of thiazole rings is 1. The van der Waals surface area contributed by atoms with Crippen molar-refractivity contribution in [1.29, 1.82) is 0 Å². The fourth-order valence-corrected chi connectivity index (χ4v) is 5.32. The molecule has 31 heavy (non-hydrogen) atoms. The van der Waals surface area contributed by atoms with Gasteiger partial charge in [0.1, 0.15) is 17.0 Å². The van der Waals surface area contributed by atoms with Crippen molar-refractivity contribution in [3.8, 4) is 17.5 Å². The number of aromatic nitrogens is 3. The van der Waals surface area contributed by atoms with Gasteiger partial charge in [-0.1, -0.05) is 22.9 Å². The van der Waals surface area contributed by atoms with Crippen LogP contribution in [0.5, 0.6) is 17.5 Å². The van der Waals surface area contributed by atoms with Crippen LogP contribution in [0.25, 0.3) is 10.3 Å². The Bertz CT molecular complexity index is 1170. The predicted octanol–water partition coefficient (Wildman–Crippen LogP) is 3.43. The molecule has 0 aromatic carbocycles. The topological polar surface area (TPSA) is 103 Å². The van der Waals surface area contributed by atoms with Crippen LogP contribution in [0.4, 0.5) is 8.78 Å². The van der Waals surface area contributed by atoms with Crippen molar-refractivity contribution in [1.82, 2.24) is 20.3 Å². The zero-order chi connectivity index (χ0) is 22.2. The number of hydrogen-bond acceptors (Lipinski definition) is 8. The molecule has 0 bridgehead atoms. The number of rotatable bonds is 7. The van der Waals surface area contributed by atoms with Gasteiger partial charge in [-0.3, -0.25) is 9.00 Å². The predicted molar refractivity (Wildman–Crippen MR) is 112 cm³/mol. The van der Waals surface area contributed by atoms with E-state index in [1.54, 1.807) is 6.07 Å². The SMILES string of the molecule is CC1(NC(=O)c2nc3ccc(Oc4ncc(Cl)cc4OCC(F)F)nc3s2)CS(=O)C1. The number of fused-ring (bicyclic) bond motifs is 1. The average Bonchev–Trinajstić information content (AvgIpc) is 3.10. The van der Waals surface area contributed by atoms with E-state index >= 15 is 0 Å². The molecule has 0 aliphatic carbocycles. The lowest BCUT2D eigenvalue weighted by Crippen LogP contribution is -2.61. The zero-order valence-corrected chi connectivity index (χ0v) is 18.3. The number of carbonyl (C=O) groups excluding carboxylic acids is 1. The molecule has 1 aliphatic heterocycles. The molecule has 0 unspecified atom stereocenters. The Morgan fingerprint density at radius 3 is 2.87 bits per heavy atom. The number of ether oxygens (including phenoxy) is 2. The van der Waals surface area contributed by atoms with Crippen LogP contribution in [0, 0.1) is 0 Å². The van der Waals surface area contributed by atoms with Gasteiger partial charge in [0.15, 0.2) is 10.8 Å². The molecule has 4 rings (SSSR count). The van der Waals surface area contributed by atoms with Crippen molar-refractivity contribution in [2.75, 3.05) is 18.1 Å². The third-order valence-electron chi connectivity index (χ3n) is 4.15. The third kappa shape index (κ3) is 5.08. The second-order valence-electron chi connectivity index (χ2n) is 7.00. The first-order valence-corrected chi connectivity index (χ1v) is 11.6. The smallest absolute Gasteiger partial charge is 0.280 e. The zero-order valence-electron chi connectivity index (χ0n) is 15.9. The molecule has 1 saturated heterocycles. The minimum absolute atomic E-state index is 0.0507. The maximum absolute atomic E-state index is 12.5. The number of carbonyl (C=O) groups is 1. The van der Waals surface area contributed by atoms with Gasteiger partial charge in [0.25, 0.3) is 18.2 Å². The Morgan fingerprint density at radius 1 is 1.39 bits per heavy atom. The van der Waals surface area contributed by atoms with Crippen molar-refractivity contribution in [3.63, 3.8) is 0 Å². The number of pyridine rings is 2. The molecule has 0 atom stereocenters. The number of halogens is 3. The number of hydrogen-bond donors (Lipinski definition) is 1. The maximum atomic E-state index is 12.5. The molecule has 13 heteroatoms. The molecule has 1 N–H and O–H groups in total. The Labute approximate surface area is 186 Å². The summed E-state index contributed by atoms with van der Waals surface area (Å²) in [6, 6.07) is 4.43. The monoisotopic (exact) mass is 488 g/mol. The molecule has 8 nitrogen and oxygen atoms in total. The quantitative estimate of drug-likeness (QED) is 0.543. The molecule has 1 fully saturated rings. The van der Waals surface area contributed by atoms with Gasteiger partial charge in [-0.05, 0) is 13.0 Å². The summed E-state index contributed by atoms with van der Waals surface area (Å²) in [5.74, 6) is 0.428. The molecule has 3 aromatic rings. The van der Waals surface area contributed by atoms with E-state index in [0.717, 1.165) is 11.3 Å². The molecular weight excluding hydrogens is 474 g/mol. The van der Waals surface area contributed by atoms with Crippen LogP contribution in [-0.4, -0.2) is 55.1 Å². The molecule has 164 valence electrons. The molecule has 0 radical (unpaired) electrons. The van der Waals surface area contributed by atoms with Crippen molar-refractivity contribution in [2.24, 2.45) is 0 Å². The highest BCUT2D eigenvalue weighted by Gasteiger charge is 2.40. The minimum atomic E-state index is -2.68. The number of nitrogens with zero attached hydrogens (tertiary/aromatic N) is 3. The summed E-state index contributed by atoms with van der Waals surface area (Å²) in [6.45, 7) is 0.987. The first-order chi connectivity index (χ1) is 14.7. The number of nitrogens with one attached hydrogen (secondary N) is 1. The first kappa shape index (κ1) is 21.8. The number of alkyl halides is 2. The Hall–Kier alpha value is -2.44. The average molecular weight is 489 g/mol. The number of amides is 1. The summed E-state index contributed by atoms with van der Waals surface area (Å²) in [4.78, 5) is 25.5. The van der Waals surface area contributed by atoms with Crippen LogP contribution in [0.15, 0.2) is 24.4 Å². The van der Waals surface area contributed by atoms with Gasteiger partial charge in [-0.15, -0.1) is 0 Å². The Morgan fingerprint density at radius 2 is 2.16 bits per heavy atom. The largest absolute Gasteiger partial charge is 0.482 e. The van der Waals surface area contributed by atoms with E-state index in [1.807, 2.05) is 6.92 Å². The van der Waals surface area contributed by atoms with Crippen molar-refractivity contribution >= 4 is 50.0 Å². The van der Waals surface area contributed by atoms with E-state index in [2.05, 4.69) is 20.3 Å². The van der Waals surface area contributed by atoms with Gasteiger partial charge >= 0.3 is 0 Å². The van der Waals surface area contributed by atoms with Crippen LogP contribution in [0.1, 0.15) is 16.7 Å². The van der Waals surface area contributed by atoms with Crippen LogP contribution in [0.3, 0.4) is 0 Å². The molecule has 0 spiro atoms. The second kappa shape index (κ2) is 8.60. The third-order valence-corrected chi connectivity index (χ3v) is 7.24. The molecule has 3 aromatic heterocycles. The molecule has 1 aliphatic rings. The van der Waals surface area contributed by atoms with Crippen LogP contribution in [-0.2, 0) is 10.8 Å². The lowest BCUT2D eigenvalue weighted by molar-refractivity contribution is 0.0803. The van der Waals surface area contributed by atoms with Gasteiger partial charge in [-0.25, -0.2) is 23.7 Å². The summed E-state index contributed by atoms with van der Waals surface area (Å²) >= 11 is 6.92. The fraction of sp³-hybridized carbons (Fsp3) is 0.333. The van der Waals surface area contributed by atoms with E-state index < -0.39 is 29.4 Å². The summed E-state index contributed by atoms with van der Waals surface area (Å²) in [5, 5.41) is 3.26. The highest BCUT2D eigenvalue weighted by atomic mass is 35.5. The molecule has 0 saturated carbocycles. The van der Waals surface area contributed by atoms with E-state index in [0.29, 0.717) is 21.9 Å². The van der Waals surface area contributed by atoms with Crippen molar-refractivity contribution in [3.05, 3.63) is 34.4 Å². The van der Waals surface area contributed by atoms with Crippen LogP contribution < -0.4 is 14.8 Å². The van der Waals surface area contributed by atoms with Gasteiger partial charge in [0.2, 0.25) is 5.88 Å². The maximum Gasteiger partial charge on any atom is 0.280 e. The van der Waals surface area contributed by atoms with Gasteiger partial charge < -0.3 is 14.8 Å². The Kier molecular flexibility index (Phi) is 6.04. The molecular formula is C18H15ClF2N4O4S2. The van der Waals surface area contributed by atoms with E-state index in [1.165, 1.54) is 18.3 Å². The van der Waals surface area contributed by atoms with E-state index in [9.17, 15) is 17.8 Å². The van der Waals surface area contributed by atoms with E-state index in [4.69, 9.17) is 21.1 Å². The highest BCUT2D eigenvalue weighted by Crippen LogP contribution is 2.32. The molecule has 1 amide bonds. The molecule has 4 heterocycles. The summed E-state index contributed by atoms with van der Waals surface area (Å²) in [6.07, 6.45) is -1.39. The standard InChI is InChI=1S/C18H15ClF2N4O4S2/c1-18(7-31(27)8-18)25-14(26)17-23-10-2-3-13(24-16(10)30-17)29-15-11(28-6-12(20)21)4-9(19)5-22-15/h2-5,12H,6-8H2,1H3,(H,25,26). The summed E-state index contributed by atoms with van der Waals surface area (Å²) in [5.41, 5.74) is -0.0146. The van der Waals surface area contributed by atoms with Crippen LogP contribution >= 0.6 is 22.9 Å². The van der Waals surface area contributed by atoms with Gasteiger partial charge in [-0.2, -0.15) is 0 Å². The first-order valence-electron chi connectivity index (χ1n) is 8.90. The van der Waals surface area contributed by atoms with Crippen LogP contribution in [0.2, 0.25) is 5.02 Å². The van der Waals surface area contributed by atoms with E-state index in [-0.39, 0.29) is 33.4 Å². The van der Waals surface area contributed by atoms with Gasteiger partial charge in [0.05, 0.1) is 10.6 Å². The fourth-order valence-electron chi connectivity index (χ4n) is 2.86. The Balaban J connectivity index is 1.52. The highest BCUT2D eigenvalue weighted by molar-refractivity contribution is 7.86. The second-order valence-corrected chi connectivity index (χ2v) is 9.87. The summed E-state index contributed by atoms with van der Waals surface area (Å²) < 4.78 is 46.9. The van der Waals surface area contributed by atoms with Crippen molar-refractivity contribution < 1.29 is 27.3 Å². The lowest BCUT2D eigenvalue weighted by atomic mass is 10.1. The lowest BCUT2D eigenvalue weighted by Gasteiger charge is -2.37. The summed E-state index contributed by atoms with van der Waals surface area (Å²) in [7, 11) is -0.906. The van der Waals surface area contributed by atoms with Gasteiger partial charge in [0, 0.05) is 40.6 Å². The minimum Gasteiger partial charge on any atom is -0.482 e. The normalized spacial score (nSPS) is 20.5. The van der Waals surface area contributed by atoms with Crippen molar-refractivity contribution in [2.45, 2.75) is 18.9 Å².